The summed E-state index contributed by atoms with van der Waals surface area (Å²) in [7, 11) is 0. The van der Waals surface area contributed by atoms with Gasteiger partial charge in [0, 0.05) is 24.5 Å². The van der Waals surface area contributed by atoms with Gasteiger partial charge in [-0.2, -0.15) is 0 Å². The smallest absolute Gasteiger partial charge is 0.0386 e. The molecule has 0 amide bonds. The predicted molar refractivity (Wildman–Crippen MR) is 66.0 cm³/mol. The molecule has 1 aliphatic heterocycles. The topological polar surface area (TPSA) is 29.3 Å². The average molecular weight is 204 g/mol. The molecule has 0 spiro atoms. The predicted octanol–water partition coefficient (Wildman–Crippen LogP) is 2.75. The van der Waals surface area contributed by atoms with Crippen LogP contribution in [0.5, 0.6) is 0 Å². The van der Waals surface area contributed by atoms with Crippen LogP contribution in [0.3, 0.4) is 0 Å². The molecule has 1 saturated heterocycles. The Morgan fingerprint density at radius 3 is 2.73 bits per heavy atom. The molecule has 1 fully saturated rings. The highest BCUT2D eigenvalue weighted by atomic mass is 15.1. The molecule has 0 radical (unpaired) electrons. The number of rotatable bonds is 1. The maximum absolute atomic E-state index is 5.80. The van der Waals surface area contributed by atoms with E-state index in [1.807, 2.05) is 12.1 Å². The first-order chi connectivity index (χ1) is 7.16. The van der Waals surface area contributed by atoms with E-state index in [9.17, 15) is 0 Å². The summed E-state index contributed by atoms with van der Waals surface area (Å²) in [6, 6.07) is 8.20. The van der Waals surface area contributed by atoms with Crippen LogP contribution >= 0.6 is 0 Å². The summed E-state index contributed by atoms with van der Waals surface area (Å²) >= 11 is 0. The fourth-order valence-corrected chi connectivity index (χ4v) is 2.22. The van der Waals surface area contributed by atoms with Crippen LogP contribution in [0.2, 0.25) is 0 Å². The molecule has 1 aliphatic rings. The molecule has 2 N–H and O–H groups in total. The minimum atomic E-state index is 0.778. The van der Waals surface area contributed by atoms with Crippen LogP contribution < -0.4 is 10.6 Å². The van der Waals surface area contributed by atoms with Gasteiger partial charge in [-0.1, -0.05) is 19.9 Å². The molecule has 1 aromatic rings. The maximum atomic E-state index is 5.80. The van der Waals surface area contributed by atoms with E-state index < -0.39 is 0 Å². The molecule has 1 aromatic carbocycles. The highest BCUT2D eigenvalue weighted by molar-refractivity contribution is 5.56. The number of piperidine rings is 1. The molecule has 2 rings (SSSR count). The number of nitrogen functional groups attached to an aromatic ring is 1. The second kappa shape index (κ2) is 4.13. The van der Waals surface area contributed by atoms with Crippen molar-refractivity contribution in [3.8, 4) is 0 Å². The van der Waals surface area contributed by atoms with E-state index in [2.05, 4.69) is 30.9 Å². The lowest BCUT2D eigenvalue weighted by atomic mass is 9.88. The highest BCUT2D eigenvalue weighted by Gasteiger charge is 2.22. The first-order valence-corrected chi connectivity index (χ1v) is 5.77. The molecule has 2 heteroatoms. The molecule has 2 atom stereocenters. The SMILES string of the molecule is CC1CCN(c2cccc(N)c2)CC1C. The normalized spacial score (nSPS) is 26.7. The zero-order chi connectivity index (χ0) is 10.8. The fraction of sp³-hybridized carbons (Fsp3) is 0.538. The van der Waals surface area contributed by atoms with Gasteiger partial charge in [0.25, 0.3) is 0 Å². The van der Waals surface area contributed by atoms with Gasteiger partial charge in [-0.3, -0.25) is 0 Å². The van der Waals surface area contributed by atoms with E-state index >= 15 is 0 Å². The Balaban J connectivity index is 2.12. The molecule has 1 heterocycles. The van der Waals surface area contributed by atoms with E-state index in [0.717, 1.165) is 30.6 Å². The lowest BCUT2D eigenvalue weighted by Crippen LogP contribution is -2.38. The molecule has 0 bridgehead atoms. The second-order valence-electron chi connectivity index (χ2n) is 4.78. The lowest BCUT2D eigenvalue weighted by Gasteiger charge is -2.36. The Hall–Kier alpha value is -1.18. The van der Waals surface area contributed by atoms with Crippen molar-refractivity contribution >= 4 is 11.4 Å². The van der Waals surface area contributed by atoms with Gasteiger partial charge in [0.1, 0.15) is 0 Å². The minimum Gasteiger partial charge on any atom is -0.399 e. The van der Waals surface area contributed by atoms with Crippen molar-refractivity contribution < 1.29 is 0 Å². The third-order valence-electron chi connectivity index (χ3n) is 3.57. The molecule has 0 saturated carbocycles. The number of anilines is 2. The average Bonchev–Trinajstić information content (AvgIpc) is 2.22. The summed E-state index contributed by atoms with van der Waals surface area (Å²) in [6.45, 7) is 7.00. The summed E-state index contributed by atoms with van der Waals surface area (Å²) in [5.74, 6) is 1.63. The van der Waals surface area contributed by atoms with Crippen LogP contribution in [0.15, 0.2) is 24.3 Å². The monoisotopic (exact) mass is 204 g/mol. The van der Waals surface area contributed by atoms with Crippen LogP contribution in [0, 0.1) is 11.8 Å². The van der Waals surface area contributed by atoms with Crippen molar-refractivity contribution in [3.63, 3.8) is 0 Å². The molecule has 2 unspecified atom stereocenters. The van der Waals surface area contributed by atoms with Crippen molar-refractivity contribution in [2.75, 3.05) is 23.7 Å². The van der Waals surface area contributed by atoms with Gasteiger partial charge >= 0.3 is 0 Å². The first kappa shape index (κ1) is 10.3. The summed E-state index contributed by atoms with van der Waals surface area (Å²) in [5, 5.41) is 0. The van der Waals surface area contributed by atoms with Crippen LogP contribution in [-0.4, -0.2) is 13.1 Å². The maximum Gasteiger partial charge on any atom is 0.0386 e. The van der Waals surface area contributed by atoms with Gasteiger partial charge in [-0.15, -0.1) is 0 Å². The molecular weight excluding hydrogens is 184 g/mol. The van der Waals surface area contributed by atoms with Crippen LogP contribution in [0.4, 0.5) is 11.4 Å². The number of benzene rings is 1. The molecular formula is C13H20N2. The van der Waals surface area contributed by atoms with Crippen molar-refractivity contribution in [2.24, 2.45) is 11.8 Å². The first-order valence-electron chi connectivity index (χ1n) is 5.77. The Labute approximate surface area is 92.1 Å². The summed E-state index contributed by atoms with van der Waals surface area (Å²) in [5.41, 5.74) is 7.93. The Bertz CT molecular complexity index is 335. The third-order valence-corrected chi connectivity index (χ3v) is 3.57. The zero-order valence-electron chi connectivity index (χ0n) is 9.61. The Morgan fingerprint density at radius 1 is 1.27 bits per heavy atom. The quantitative estimate of drug-likeness (QED) is 0.713. The standard InChI is InChI=1S/C13H20N2/c1-10-6-7-15(9-11(10)2)13-5-3-4-12(14)8-13/h3-5,8,10-11H,6-7,9,14H2,1-2H3. The Kier molecular flexibility index (Phi) is 2.85. The number of hydrogen-bond donors (Lipinski definition) is 1. The number of hydrogen-bond acceptors (Lipinski definition) is 2. The van der Waals surface area contributed by atoms with Crippen LogP contribution in [0.25, 0.3) is 0 Å². The molecule has 82 valence electrons. The highest BCUT2D eigenvalue weighted by Crippen LogP contribution is 2.27. The lowest BCUT2D eigenvalue weighted by molar-refractivity contribution is 0.324. The van der Waals surface area contributed by atoms with Gasteiger partial charge in [-0.05, 0) is 36.5 Å². The largest absolute Gasteiger partial charge is 0.399 e. The van der Waals surface area contributed by atoms with Gasteiger partial charge in [-0.25, -0.2) is 0 Å². The van der Waals surface area contributed by atoms with E-state index in [-0.39, 0.29) is 0 Å². The minimum absolute atomic E-state index is 0.778. The van der Waals surface area contributed by atoms with E-state index in [0.29, 0.717) is 0 Å². The number of nitrogens with zero attached hydrogens (tertiary/aromatic N) is 1. The summed E-state index contributed by atoms with van der Waals surface area (Å²) < 4.78 is 0. The Morgan fingerprint density at radius 2 is 2.07 bits per heavy atom. The zero-order valence-corrected chi connectivity index (χ0v) is 9.61. The third kappa shape index (κ3) is 2.25. The number of nitrogens with two attached hydrogens (primary N) is 1. The summed E-state index contributed by atoms with van der Waals surface area (Å²) in [6.07, 6.45) is 1.29. The molecule has 2 nitrogen and oxygen atoms in total. The van der Waals surface area contributed by atoms with Crippen molar-refractivity contribution in [2.45, 2.75) is 20.3 Å². The van der Waals surface area contributed by atoms with Gasteiger partial charge in [0.05, 0.1) is 0 Å². The van der Waals surface area contributed by atoms with Crippen molar-refractivity contribution in [1.29, 1.82) is 0 Å². The van der Waals surface area contributed by atoms with E-state index in [1.165, 1.54) is 12.1 Å². The van der Waals surface area contributed by atoms with E-state index in [1.54, 1.807) is 0 Å². The van der Waals surface area contributed by atoms with Crippen molar-refractivity contribution in [3.05, 3.63) is 24.3 Å². The molecule has 15 heavy (non-hydrogen) atoms. The van der Waals surface area contributed by atoms with Crippen LogP contribution in [0.1, 0.15) is 20.3 Å². The van der Waals surface area contributed by atoms with Crippen LogP contribution in [-0.2, 0) is 0 Å². The van der Waals surface area contributed by atoms with E-state index in [4.69, 9.17) is 5.73 Å². The summed E-state index contributed by atoms with van der Waals surface area (Å²) in [4.78, 5) is 2.45. The molecule has 0 aliphatic carbocycles. The van der Waals surface area contributed by atoms with Gasteiger partial charge < -0.3 is 10.6 Å². The van der Waals surface area contributed by atoms with Gasteiger partial charge in [0.15, 0.2) is 0 Å². The van der Waals surface area contributed by atoms with Crippen molar-refractivity contribution in [1.82, 2.24) is 0 Å². The fourth-order valence-electron chi connectivity index (χ4n) is 2.22. The molecule has 0 aromatic heterocycles. The second-order valence-corrected chi connectivity index (χ2v) is 4.78. The van der Waals surface area contributed by atoms with Gasteiger partial charge in [0.2, 0.25) is 0 Å².